The fraction of sp³-hybridized carbons (Fsp3) is 0. The molecule has 0 bridgehead atoms. The molecule has 0 aliphatic carbocycles. The van der Waals surface area contributed by atoms with Gasteiger partial charge in [-0.3, -0.25) is 0 Å². The summed E-state index contributed by atoms with van der Waals surface area (Å²) >= 11 is -5.62. The Labute approximate surface area is 102 Å². The van der Waals surface area contributed by atoms with Crippen LogP contribution in [0.2, 0.25) is 0 Å². The van der Waals surface area contributed by atoms with E-state index in [4.69, 9.17) is 16.0 Å². The molecule has 0 amide bonds. The molecule has 4 nitrogen and oxygen atoms in total. The minimum atomic E-state index is -5.62. The van der Waals surface area contributed by atoms with E-state index in [-0.39, 0.29) is 75.1 Å². The van der Waals surface area contributed by atoms with Gasteiger partial charge >= 0.3 is 104 Å². The Balaban J connectivity index is -0.0000000800. The minimum absolute atomic E-state index is 0. The molecule has 0 aromatic heterocycles. The van der Waals surface area contributed by atoms with Gasteiger partial charge in [-0.25, -0.2) is 0 Å². The van der Waals surface area contributed by atoms with Crippen LogP contribution in [0.5, 0.6) is 0 Å². The second-order valence-corrected chi connectivity index (χ2v) is 1.56. The van der Waals surface area contributed by atoms with Gasteiger partial charge in [-0.15, -0.1) is 0 Å². The molecule has 0 spiro atoms. The summed E-state index contributed by atoms with van der Waals surface area (Å²) in [7, 11) is 0. The van der Waals surface area contributed by atoms with E-state index in [0.717, 1.165) is 0 Å². The van der Waals surface area contributed by atoms with Crippen molar-refractivity contribution >= 4 is 75.1 Å². The van der Waals surface area contributed by atoms with Gasteiger partial charge in [-0.2, -0.15) is 0 Å². The predicted octanol–water partition coefficient (Wildman–Crippen LogP) is -3.38. The van der Waals surface area contributed by atoms with Gasteiger partial charge in [-0.05, 0) is 0 Å². The Hall–Kier alpha value is 2.49. The van der Waals surface area contributed by atoms with Gasteiger partial charge in [0.1, 0.15) is 0 Å². The van der Waals surface area contributed by atoms with Gasteiger partial charge in [0.2, 0.25) is 0 Å². The van der Waals surface area contributed by atoms with Crippen molar-refractivity contribution in [2.75, 3.05) is 0 Å². The van der Waals surface area contributed by atoms with Crippen molar-refractivity contribution < 1.29 is 29.4 Å². The van der Waals surface area contributed by atoms with Crippen molar-refractivity contribution in [1.82, 2.24) is 0 Å². The zero-order valence-corrected chi connectivity index (χ0v) is 12.3. The Bertz CT molecular complexity index is 94.9. The third kappa shape index (κ3) is 57.6. The van der Waals surface area contributed by atoms with Crippen LogP contribution in [-0.2, 0) is 21.0 Å². The fourth-order valence-electron chi connectivity index (χ4n) is 0. The Morgan fingerprint density at radius 3 is 1.14 bits per heavy atom. The summed E-state index contributed by atoms with van der Waals surface area (Å²) in [6, 6.07) is 0. The number of hydrogen-bond acceptors (Lipinski definition) is 4. The zero-order valence-electron chi connectivity index (χ0n) is 3.17. The Morgan fingerprint density at radius 1 is 1.14 bits per heavy atom. The van der Waals surface area contributed by atoms with Crippen LogP contribution in [0.4, 0.5) is 0 Å². The summed E-state index contributed by atoms with van der Waals surface area (Å²) in [5.41, 5.74) is 0. The molecular weight excluding hydrogens is 465 g/mol. The van der Waals surface area contributed by atoms with Crippen molar-refractivity contribution in [2.45, 2.75) is 0 Å². The standard InChI is InChI=1S/Ba.Bi.Mn.4O/q+2;+3;;;;2*-1. The third-order valence-corrected chi connectivity index (χ3v) is 0. The first kappa shape index (κ1) is 16.2. The van der Waals surface area contributed by atoms with Crippen LogP contribution in [0.3, 0.4) is 0 Å². The predicted molar refractivity (Wildman–Crippen MR) is 12.9 cm³/mol. The van der Waals surface area contributed by atoms with E-state index < -0.39 is 13.4 Å². The Kier molecular flexibility index (Phi) is 15.3. The molecule has 0 aliphatic rings. The van der Waals surface area contributed by atoms with E-state index in [2.05, 4.69) is 0 Å². The summed E-state index contributed by atoms with van der Waals surface area (Å²) in [6.45, 7) is 0. The fourth-order valence-corrected chi connectivity index (χ4v) is 0. The molecule has 0 aromatic rings. The van der Waals surface area contributed by atoms with Gasteiger partial charge in [0.25, 0.3) is 0 Å². The Morgan fingerprint density at radius 2 is 1.14 bits per heavy atom. The summed E-state index contributed by atoms with van der Waals surface area (Å²) in [5, 5.41) is 0. The molecule has 0 saturated heterocycles. The molecule has 0 aliphatic heterocycles. The van der Waals surface area contributed by atoms with Crippen molar-refractivity contribution in [3.05, 3.63) is 0 Å². The van der Waals surface area contributed by atoms with E-state index in [1.807, 2.05) is 0 Å². The number of hydrogen-bond donors (Lipinski definition) is 0. The van der Waals surface area contributed by atoms with Gasteiger partial charge < -0.3 is 0 Å². The quantitative estimate of drug-likeness (QED) is 0.350. The first-order valence-corrected chi connectivity index (χ1v) is 2.54. The molecule has 7 heteroatoms. The third-order valence-electron chi connectivity index (χ3n) is 0. The average molecular weight is 465 g/mol. The topological polar surface area (TPSA) is 80.3 Å². The summed E-state index contributed by atoms with van der Waals surface area (Å²) < 4.78 is 34.3. The van der Waals surface area contributed by atoms with Crippen molar-refractivity contribution in [1.29, 1.82) is 0 Å². The molecule has 0 unspecified atom stereocenters. The summed E-state index contributed by atoms with van der Waals surface area (Å²) in [6.07, 6.45) is 0. The first-order chi connectivity index (χ1) is 2.00. The van der Waals surface area contributed by atoms with Gasteiger partial charge in [0, 0.05) is 0 Å². The second kappa shape index (κ2) is 6.61. The molecule has 0 N–H and O–H groups in total. The van der Waals surface area contributed by atoms with E-state index in [1.165, 1.54) is 0 Å². The van der Waals surface area contributed by atoms with Crippen LogP contribution in [0, 0.1) is 0 Å². The van der Waals surface area contributed by atoms with Crippen LogP contribution in [-0.4, -0.2) is 75.1 Å². The summed E-state index contributed by atoms with van der Waals surface area (Å²) in [4.78, 5) is 0. The molecule has 0 saturated carbocycles. The molecule has 35 valence electrons. The monoisotopic (exact) mass is 466 g/mol. The SMILES string of the molecule is [Ba+2].[Bi+3].[O]=[Mn](=[O])([O-])[O-]. The molecule has 0 atom stereocenters. The average Bonchev–Trinajstić information content (AvgIpc) is 0.722. The molecule has 0 rings (SSSR count). The normalized spacial score (nSPS) is 8.29. The molecule has 7 heavy (non-hydrogen) atoms. The second-order valence-electron chi connectivity index (χ2n) is 0.378. The van der Waals surface area contributed by atoms with Crippen LogP contribution >= 0.6 is 0 Å². The van der Waals surface area contributed by atoms with Gasteiger partial charge in [-0.1, -0.05) is 0 Å². The zero-order chi connectivity index (χ0) is 4.50. The van der Waals surface area contributed by atoms with Crippen LogP contribution in [0.1, 0.15) is 0 Å². The molecular formula is BaBiMnO4+3. The van der Waals surface area contributed by atoms with Crippen molar-refractivity contribution in [3.8, 4) is 0 Å². The van der Waals surface area contributed by atoms with E-state index >= 15 is 0 Å². The number of rotatable bonds is 0. The van der Waals surface area contributed by atoms with Crippen LogP contribution in [0.15, 0.2) is 0 Å². The van der Waals surface area contributed by atoms with Crippen molar-refractivity contribution in [3.63, 3.8) is 0 Å². The van der Waals surface area contributed by atoms with Gasteiger partial charge in [0.05, 0.1) is 0 Å². The van der Waals surface area contributed by atoms with Crippen LogP contribution < -0.4 is 8.38 Å². The van der Waals surface area contributed by atoms with Gasteiger partial charge in [0.15, 0.2) is 0 Å². The maximum atomic E-state index is 8.58. The molecule has 2 radical (unpaired) electrons. The molecule has 0 fully saturated rings. The molecule has 0 heterocycles. The van der Waals surface area contributed by atoms with E-state index in [0.29, 0.717) is 0 Å². The summed E-state index contributed by atoms with van der Waals surface area (Å²) in [5.74, 6) is 0. The molecule has 0 aromatic carbocycles. The van der Waals surface area contributed by atoms with E-state index in [9.17, 15) is 0 Å². The van der Waals surface area contributed by atoms with Crippen molar-refractivity contribution in [2.24, 2.45) is 0 Å². The van der Waals surface area contributed by atoms with E-state index in [1.54, 1.807) is 0 Å². The maximum absolute atomic E-state index is 8.58. The van der Waals surface area contributed by atoms with Crippen LogP contribution in [0.25, 0.3) is 0 Å². The first-order valence-electron chi connectivity index (χ1n) is 0.617.